The molecule has 1 aromatic heterocycles. The van der Waals surface area contributed by atoms with E-state index in [0.717, 1.165) is 0 Å². The number of nitrogens with zero attached hydrogens (tertiary/aromatic N) is 1. The van der Waals surface area contributed by atoms with Gasteiger partial charge in [-0.15, -0.1) is 48.0 Å². The van der Waals surface area contributed by atoms with Crippen molar-refractivity contribution in [2.24, 2.45) is 5.92 Å². The molecule has 1 aliphatic carbocycles. The van der Waals surface area contributed by atoms with Gasteiger partial charge in [-0.05, 0) is 31.2 Å². The number of rotatable bonds is 1. The monoisotopic (exact) mass is 507 g/mol. The second-order valence-electron chi connectivity index (χ2n) is 8.28. The third-order valence-electron chi connectivity index (χ3n) is 6.52. The molecule has 1 unspecified atom stereocenters. The molecule has 4 aromatic rings. The van der Waals surface area contributed by atoms with E-state index in [1.54, 1.807) is 0 Å². The van der Waals surface area contributed by atoms with E-state index in [0.29, 0.717) is 5.92 Å². The maximum atomic E-state index is 9.80. The zero-order valence-corrected chi connectivity index (χ0v) is 22.0. The van der Waals surface area contributed by atoms with E-state index in [1.165, 1.54) is 55.3 Å². The van der Waals surface area contributed by atoms with Gasteiger partial charge in [-0.3, -0.25) is 6.08 Å². The first kappa shape index (κ1) is 24.5. The van der Waals surface area contributed by atoms with Crippen LogP contribution in [-0.2, 0) is 24.5 Å². The summed E-state index contributed by atoms with van der Waals surface area (Å²) >= 11 is -2.77. The molecule has 1 nitrogen and oxygen atoms in total. The predicted octanol–water partition coefficient (Wildman–Crippen LogP) is 8.68. The number of halogens is 2. The molecule has 1 aliphatic rings. The van der Waals surface area contributed by atoms with E-state index in [4.69, 9.17) is 0 Å². The molecule has 1 atom stereocenters. The van der Waals surface area contributed by atoms with E-state index in [1.807, 2.05) is 0 Å². The number of allylic oxidation sites excluding steroid dienone is 4. The first-order chi connectivity index (χ1) is 15.3. The molecule has 4 heteroatoms. The van der Waals surface area contributed by atoms with Crippen molar-refractivity contribution in [2.75, 3.05) is 0 Å². The van der Waals surface area contributed by atoms with Crippen LogP contribution in [0.25, 0.3) is 27.4 Å². The molecule has 0 spiro atoms. The van der Waals surface area contributed by atoms with Gasteiger partial charge in [-0.2, -0.15) is 11.1 Å². The summed E-state index contributed by atoms with van der Waals surface area (Å²) < 4.78 is 22.0. The second-order valence-corrected chi connectivity index (χ2v) is 8.63. The summed E-state index contributed by atoms with van der Waals surface area (Å²) in [6, 6.07) is 21.7. The van der Waals surface area contributed by atoms with Gasteiger partial charge < -0.3 is 4.57 Å². The van der Waals surface area contributed by atoms with Crippen LogP contribution in [-0.4, -0.2) is 4.57 Å². The summed E-state index contributed by atoms with van der Waals surface area (Å²) in [5.74, 6) is 0.560. The van der Waals surface area contributed by atoms with Crippen molar-refractivity contribution in [3.63, 3.8) is 0 Å². The van der Waals surface area contributed by atoms with Crippen molar-refractivity contribution in [1.82, 2.24) is 4.57 Å². The Morgan fingerprint density at radius 3 is 2.12 bits per heavy atom. The van der Waals surface area contributed by atoms with Crippen LogP contribution in [0.2, 0.25) is 0 Å². The van der Waals surface area contributed by atoms with Gasteiger partial charge in [0.2, 0.25) is 0 Å². The van der Waals surface area contributed by atoms with Crippen molar-refractivity contribution < 1.29 is 29.7 Å². The quantitative estimate of drug-likeness (QED) is 0.227. The Balaban J connectivity index is 0.000000202. The van der Waals surface area contributed by atoms with Crippen molar-refractivity contribution in [3.8, 4) is 5.69 Å². The molecule has 0 saturated heterocycles. The zero-order chi connectivity index (χ0) is 23.4. The SMILES string of the molecule is CC1=[C-]C(C)C(C)=C1C.Cc1c(C)n(-c2cc3ccccc3[cH-]2)c2ccccc12.[F][Zr+2][F]. The van der Waals surface area contributed by atoms with E-state index < -0.39 is 24.5 Å². The summed E-state index contributed by atoms with van der Waals surface area (Å²) in [6.07, 6.45) is 3.36. The van der Waals surface area contributed by atoms with Crippen molar-refractivity contribution in [2.45, 2.75) is 41.5 Å². The zero-order valence-electron chi connectivity index (χ0n) is 19.6. The van der Waals surface area contributed by atoms with Gasteiger partial charge in [0.15, 0.2) is 0 Å². The number of aryl methyl sites for hydroxylation is 1. The number of aromatic nitrogens is 1. The van der Waals surface area contributed by atoms with Crippen LogP contribution >= 0.6 is 0 Å². The summed E-state index contributed by atoms with van der Waals surface area (Å²) in [5.41, 5.74) is 9.48. The molecule has 0 fully saturated rings. The standard InChI is InChI=1S/C19H16N.C9H13.2FH.Zr/c1-13-14(2)20(19-10-6-5-9-18(13)19)17-11-15-7-3-4-8-16(15)12-17;1-6-5-7(2)9(4)8(6)3;;;/h3-12H,1-2H3;6H,1-4H3;2*1H;/q2*-1;;;+4/p-2. The van der Waals surface area contributed by atoms with Crippen LogP contribution in [0.5, 0.6) is 0 Å². The van der Waals surface area contributed by atoms with Gasteiger partial charge in [-0.1, -0.05) is 51.0 Å². The van der Waals surface area contributed by atoms with Crippen molar-refractivity contribution >= 4 is 21.7 Å². The second kappa shape index (κ2) is 10.6. The Morgan fingerprint density at radius 2 is 1.56 bits per heavy atom. The van der Waals surface area contributed by atoms with Crippen LogP contribution < -0.4 is 0 Å². The fraction of sp³-hybridized carbons (Fsp3) is 0.250. The first-order valence-corrected chi connectivity index (χ1v) is 12.6. The Morgan fingerprint density at radius 1 is 0.938 bits per heavy atom. The Hall–Kier alpha value is -2.19. The Kier molecular flexibility index (Phi) is 8.12. The van der Waals surface area contributed by atoms with Gasteiger partial charge in [0.1, 0.15) is 0 Å². The van der Waals surface area contributed by atoms with Gasteiger partial charge in [0, 0.05) is 11.1 Å². The summed E-state index contributed by atoms with van der Waals surface area (Å²) in [4.78, 5) is 0. The fourth-order valence-corrected chi connectivity index (χ4v) is 4.29. The average Bonchev–Trinajstić information content (AvgIpc) is 3.39. The summed E-state index contributed by atoms with van der Waals surface area (Å²) in [6.45, 7) is 13.1. The topological polar surface area (TPSA) is 4.93 Å². The van der Waals surface area contributed by atoms with Crippen LogP contribution in [0.4, 0.5) is 5.25 Å². The third-order valence-corrected chi connectivity index (χ3v) is 6.52. The molecule has 5 rings (SSSR count). The molecule has 0 radical (unpaired) electrons. The Labute approximate surface area is 203 Å². The normalized spacial score (nSPS) is 15.1. The van der Waals surface area contributed by atoms with E-state index in [-0.39, 0.29) is 0 Å². The summed E-state index contributed by atoms with van der Waals surface area (Å²) in [7, 11) is 0. The molecule has 3 aromatic carbocycles. The van der Waals surface area contributed by atoms with Crippen LogP contribution in [0, 0.1) is 25.8 Å². The van der Waals surface area contributed by atoms with Gasteiger partial charge in [0.25, 0.3) is 0 Å². The van der Waals surface area contributed by atoms with Crippen LogP contribution in [0.15, 0.2) is 77.4 Å². The van der Waals surface area contributed by atoms with Crippen molar-refractivity contribution in [3.05, 3.63) is 94.7 Å². The Bertz CT molecular complexity index is 1260. The van der Waals surface area contributed by atoms with E-state index in [2.05, 4.69) is 113 Å². The first-order valence-electron chi connectivity index (χ1n) is 10.8. The fourth-order valence-electron chi connectivity index (χ4n) is 4.29. The number of fused-ring (bicyclic) bond motifs is 2. The minimum atomic E-state index is -2.77. The molecule has 0 aliphatic heterocycles. The van der Waals surface area contributed by atoms with Crippen LogP contribution in [0.1, 0.15) is 39.0 Å². The minimum absolute atomic E-state index is 0.560. The molecular weight excluding hydrogens is 480 g/mol. The average molecular weight is 509 g/mol. The van der Waals surface area contributed by atoms with E-state index in [9.17, 15) is 5.25 Å². The molecule has 1 heterocycles. The van der Waals surface area contributed by atoms with Gasteiger partial charge in [-0.25, -0.2) is 5.57 Å². The number of hydrogen-bond acceptors (Lipinski definition) is 0. The van der Waals surface area contributed by atoms with Gasteiger partial charge >= 0.3 is 29.7 Å². The third kappa shape index (κ3) is 4.91. The summed E-state index contributed by atoms with van der Waals surface area (Å²) in [5, 5.41) is 3.95. The maximum absolute atomic E-state index is 9.80. The van der Waals surface area contributed by atoms with E-state index >= 15 is 0 Å². The molecule has 164 valence electrons. The molecular formula is C28H29F2NZr. The molecule has 0 bridgehead atoms. The molecule has 32 heavy (non-hydrogen) atoms. The van der Waals surface area contributed by atoms with Crippen LogP contribution in [0.3, 0.4) is 0 Å². The molecule has 0 N–H and O–H groups in total. The van der Waals surface area contributed by atoms with Gasteiger partial charge in [0.05, 0.1) is 5.52 Å². The number of para-hydroxylation sites is 1. The van der Waals surface area contributed by atoms with Crippen molar-refractivity contribution in [1.29, 1.82) is 0 Å². The number of hydrogen-bond donors (Lipinski definition) is 0. The molecule has 0 saturated carbocycles. The number of benzene rings is 2. The molecule has 0 amide bonds. The predicted molar refractivity (Wildman–Crippen MR) is 128 cm³/mol.